The number of hydrogen-bond acceptors (Lipinski definition) is 3. The smallest absolute Gasteiger partial charge is 0.271 e. The zero-order valence-electron chi connectivity index (χ0n) is 18.6. The molecule has 2 heterocycles. The molecule has 1 amide bonds. The molecule has 35 heavy (non-hydrogen) atoms. The third-order valence-electron chi connectivity index (χ3n) is 6.45. The van der Waals surface area contributed by atoms with Crippen molar-refractivity contribution in [3.63, 3.8) is 0 Å². The first-order chi connectivity index (χ1) is 16.8. The maximum Gasteiger partial charge on any atom is 0.271 e. The van der Waals surface area contributed by atoms with Gasteiger partial charge in [-0.3, -0.25) is 4.79 Å². The van der Waals surface area contributed by atoms with Crippen molar-refractivity contribution in [1.82, 2.24) is 14.9 Å². The Bertz CT molecular complexity index is 1400. The summed E-state index contributed by atoms with van der Waals surface area (Å²) in [5.74, 6) is -0.0794. The first-order valence-electron chi connectivity index (χ1n) is 11.2. The Labute approximate surface area is 212 Å². The molecule has 0 unspecified atom stereocenters. The molecule has 0 atom stereocenters. The molecular formula is C27H22Cl2FN3O2. The van der Waals surface area contributed by atoms with E-state index in [0.717, 1.165) is 16.7 Å². The highest BCUT2D eigenvalue weighted by atomic mass is 35.5. The van der Waals surface area contributed by atoms with Gasteiger partial charge in [-0.25, -0.2) is 9.37 Å². The number of aliphatic hydroxyl groups is 1. The molecule has 1 aliphatic rings. The lowest BCUT2D eigenvalue weighted by molar-refractivity contribution is -0.0214. The molecule has 1 aliphatic heterocycles. The van der Waals surface area contributed by atoms with Gasteiger partial charge in [-0.05, 0) is 60.4 Å². The molecule has 1 aromatic heterocycles. The molecule has 5 nitrogen and oxygen atoms in total. The van der Waals surface area contributed by atoms with Gasteiger partial charge in [0.05, 0.1) is 11.8 Å². The molecule has 0 saturated carbocycles. The number of piperidine rings is 1. The first-order valence-corrected chi connectivity index (χ1v) is 12.0. The minimum atomic E-state index is -1.16. The standard InChI is InChI=1S/C27H22Cl2FN3O2/c28-18-8-9-21(22(15-18)20-6-1-2-7-23(20)29)25-31-16-24(32-25)26(34)33-12-10-27(35,11-13-33)17-4-3-5-19(30)14-17/h1-9,14-16,35H,10-13H2,(H,31,32). The van der Waals surface area contributed by atoms with Gasteiger partial charge in [-0.15, -0.1) is 0 Å². The number of rotatable bonds is 4. The van der Waals surface area contributed by atoms with Crippen LogP contribution in [-0.4, -0.2) is 39.0 Å². The molecule has 4 aromatic rings. The van der Waals surface area contributed by atoms with Crippen molar-refractivity contribution in [2.75, 3.05) is 13.1 Å². The summed E-state index contributed by atoms with van der Waals surface area (Å²) >= 11 is 12.7. The van der Waals surface area contributed by atoms with Gasteiger partial charge in [0.15, 0.2) is 0 Å². The fraction of sp³-hybridized carbons (Fsp3) is 0.185. The number of benzene rings is 3. The fourth-order valence-electron chi connectivity index (χ4n) is 4.51. The quantitative estimate of drug-likeness (QED) is 0.338. The van der Waals surface area contributed by atoms with Crippen molar-refractivity contribution in [2.45, 2.75) is 18.4 Å². The minimum Gasteiger partial charge on any atom is -0.385 e. The third kappa shape index (κ3) is 4.69. The van der Waals surface area contributed by atoms with Gasteiger partial charge in [0.1, 0.15) is 17.3 Å². The van der Waals surface area contributed by atoms with E-state index in [1.165, 1.54) is 18.3 Å². The average molecular weight is 510 g/mol. The van der Waals surface area contributed by atoms with E-state index in [1.54, 1.807) is 29.2 Å². The van der Waals surface area contributed by atoms with E-state index in [-0.39, 0.29) is 5.91 Å². The zero-order chi connectivity index (χ0) is 24.6. The predicted molar refractivity (Wildman–Crippen MR) is 135 cm³/mol. The van der Waals surface area contributed by atoms with E-state index < -0.39 is 11.4 Å². The summed E-state index contributed by atoms with van der Waals surface area (Å²) in [4.78, 5) is 22.4. The molecule has 5 rings (SSSR count). The Kier molecular flexibility index (Phi) is 6.36. The lowest BCUT2D eigenvalue weighted by Gasteiger charge is -2.38. The summed E-state index contributed by atoms with van der Waals surface area (Å²) in [6.45, 7) is 0.679. The molecule has 8 heteroatoms. The number of nitrogens with one attached hydrogen (secondary N) is 1. The lowest BCUT2D eigenvalue weighted by Crippen LogP contribution is -2.45. The number of likely N-dealkylation sites (tertiary alicyclic amines) is 1. The Balaban J connectivity index is 1.37. The van der Waals surface area contributed by atoms with Crippen LogP contribution in [0, 0.1) is 5.82 Å². The van der Waals surface area contributed by atoms with Crippen molar-refractivity contribution in [3.8, 4) is 22.5 Å². The number of H-pyrrole nitrogens is 1. The lowest BCUT2D eigenvalue weighted by atomic mass is 9.84. The number of carbonyl (C=O) groups excluding carboxylic acids is 1. The number of hydrogen-bond donors (Lipinski definition) is 2. The van der Waals surface area contributed by atoms with Gasteiger partial charge in [0, 0.05) is 34.3 Å². The van der Waals surface area contributed by atoms with Gasteiger partial charge in [-0.2, -0.15) is 0 Å². The van der Waals surface area contributed by atoms with Crippen LogP contribution in [0.2, 0.25) is 10.0 Å². The topological polar surface area (TPSA) is 69.2 Å². The number of aromatic amines is 1. The Morgan fingerprint density at radius 1 is 0.971 bits per heavy atom. The maximum atomic E-state index is 13.6. The van der Waals surface area contributed by atoms with E-state index in [2.05, 4.69) is 9.97 Å². The number of halogens is 3. The second-order valence-corrected chi connectivity index (χ2v) is 9.49. The monoisotopic (exact) mass is 509 g/mol. The van der Waals surface area contributed by atoms with Crippen LogP contribution < -0.4 is 0 Å². The molecule has 0 bridgehead atoms. The number of carbonyl (C=O) groups is 1. The van der Waals surface area contributed by atoms with E-state index in [0.29, 0.717) is 53.1 Å². The van der Waals surface area contributed by atoms with Crippen LogP contribution in [0.4, 0.5) is 4.39 Å². The normalized spacial score (nSPS) is 15.3. The Morgan fingerprint density at radius 3 is 2.49 bits per heavy atom. The van der Waals surface area contributed by atoms with Crippen LogP contribution in [0.25, 0.3) is 22.5 Å². The summed E-state index contributed by atoms with van der Waals surface area (Å²) in [6.07, 6.45) is 2.14. The molecule has 2 N–H and O–H groups in total. The molecule has 1 fully saturated rings. The molecule has 0 radical (unpaired) electrons. The van der Waals surface area contributed by atoms with Crippen LogP contribution in [0.1, 0.15) is 28.9 Å². The molecule has 178 valence electrons. The van der Waals surface area contributed by atoms with Crippen LogP contribution in [0.15, 0.2) is 72.9 Å². The van der Waals surface area contributed by atoms with Crippen molar-refractivity contribution in [3.05, 3.63) is 100 Å². The van der Waals surface area contributed by atoms with Crippen LogP contribution >= 0.6 is 23.2 Å². The SMILES string of the molecule is O=C(c1cnc(-c2ccc(Cl)cc2-c2ccccc2Cl)[nH]1)N1CCC(O)(c2cccc(F)c2)CC1. The van der Waals surface area contributed by atoms with Crippen LogP contribution in [-0.2, 0) is 5.60 Å². The predicted octanol–water partition coefficient (Wildman–Crippen LogP) is 6.31. The molecule has 1 saturated heterocycles. The third-order valence-corrected chi connectivity index (χ3v) is 7.01. The van der Waals surface area contributed by atoms with E-state index in [4.69, 9.17) is 23.2 Å². The summed E-state index contributed by atoms with van der Waals surface area (Å²) in [7, 11) is 0. The second-order valence-electron chi connectivity index (χ2n) is 8.65. The van der Waals surface area contributed by atoms with Gasteiger partial charge >= 0.3 is 0 Å². The molecule has 0 aliphatic carbocycles. The molecule has 3 aromatic carbocycles. The highest BCUT2D eigenvalue weighted by Gasteiger charge is 2.36. The van der Waals surface area contributed by atoms with Gasteiger partial charge in [0.25, 0.3) is 5.91 Å². The van der Waals surface area contributed by atoms with Crippen molar-refractivity contribution in [1.29, 1.82) is 0 Å². The van der Waals surface area contributed by atoms with Gasteiger partial charge in [-0.1, -0.05) is 53.5 Å². The number of aromatic nitrogens is 2. The Hall–Kier alpha value is -3.19. The van der Waals surface area contributed by atoms with E-state index in [1.807, 2.05) is 30.3 Å². The fourth-order valence-corrected chi connectivity index (χ4v) is 4.92. The number of imidazole rings is 1. The first kappa shape index (κ1) is 23.5. The van der Waals surface area contributed by atoms with Gasteiger partial charge < -0.3 is 15.0 Å². The van der Waals surface area contributed by atoms with Crippen LogP contribution in [0.3, 0.4) is 0 Å². The zero-order valence-corrected chi connectivity index (χ0v) is 20.2. The van der Waals surface area contributed by atoms with Gasteiger partial charge in [0.2, 0.25) is 0 Å². The summed E-state index contributed by atoms with van der Waals surface area (Å²) in [6, 6.07) is 18.9. The molecule has 0 spiro atoms. The number of nitrogens with zero attached hydrogens (tertiary/aromatic N) is 2. The van der Waals surface area contributed by atoms with E-state index >= 15 is 0 Å². The van der Waals surface area contributed by atoms with Crippen molar-refractivity contribution < 1.29 is 14.3 Å². The Morgan fingerprint density at radius 2 is 1.74 bits per heavy atom. The summed E-state index contributed by atoms with van der Waals surface area (Å²) in [5.41, 5.74) is 2.09. The van der Waals surface area contributed by atoms with E-state index in [9.17, 15) is 14.3 Å². The molecular weight excluding hydrogens is 488 g/mol. The minimum absolute atomic E-state index is 0.210. The summed E-state index contributed by atoms with van der Waals surface area (Å²) in [5, 5.41) is 12.2. The number of amides is 1. The second kappa shape index (κ2) is 9.46. The highest BCUT2D eigenvalue weighted by Crippen LogP contribution is 2.37. The van der Waals surface area contributed by atoms with Crippen molar-refractivity contribution >= 4 is 29.1 Å². The average Bonchev–Trinajstić information content (AvgIpc) is 3.34. The summed E-state index contributed by atoms with van der Waals surface area (Å²) < 4.78 is 13.6. The maximum absolute atomic E-state index is 13.6. The largest absolute Gasteiger partial charge is 0.385 e. The van der Waals surface area contributed by atoms with Crippen LogP contribution in [0.5, 0.6) is 0 Å². The van der Waals surface area contributed by atoms with Crippen molar-refractivity contribution in [2.24, 2.45) is 0 Å². The highest BCUT2D eigenvalue weighted by molar-refractivity contribution is 6.34.